The number of pyridine rings is 1. The number of rotatable bonds is 7. The smallest absolute Gasteiger partial charge is 0.319 e. The highest BCUT2D eigenvalue weighted by Gasteiger charge is 2.54. The average molecular weight is 723 g/mol. The second-order valence-corrected chi connectivity index (χ2v) is 15.5. The van der Waals surface area contributed by atoms with Gasteiger partial charge in [0.2, 0.25) is 0 Å². The van der Waals surface area contributed by atoms with E-state index >= 15 is 4.39 Å². The van der Waals surface area contributed by atoms with Crippen molar-refractivity contribution in [3.05, 3.63) is 47.7 Å². The number of fused-ring (bicyclic) bond motifs is 5. The van der Waals surface area contributed by atoms with Crippen LogP contribution in [0.15, 0.2) is 30.5 Å². The van der Waals surface area contributed by atoms with Crippen LogP contribution in [0.2, 0.25) is 0 Å². The van der Waals surface area contributed by atoms with E-state index in [4.69, 9.17) is 20.9 Å². The highest BCUT2D eigenvalue weighted by atomic mass is 19.1. The Bertz CT molecular complexity index is 2220. The third-order valence-corrected chi connectivity index (χ3v) is 12.2. The van der Waals surface area contributed by atoms with E-state index in [0.29, 0.717) is 36.3 Å². The van der Waals surface area contributed by atoms with Gasteiger partial charge in [0.05, 0.1) is 16.5 Å². The summed E-state index contributed by atoms with van der Waals surface area (Å²) in [4.78, 5) is 46.4. The van der Waals surface area contributed by atoms with Crippen molar-refractivity contribution in [2.24, 2.45) is 11.8 Å². The Hall–Kier alpha value is -5.09. The number of cyclic esters (lactones) is 1. The molecule has 0 aliphatic carbocycles. The topological polar surface area (TPSA) is 121 Å². The number of aromatic nitrogens is 3. The number of piperazine rings is 1. The van der Waals surface area contributed by atoms with Gasteiger partial charge in [-0.05, 0) is 81.1 Å². The molecule has 2 aromatic heterocycles. The van der Waals surface area contributed by atoms with Gasteiger partial charge in [0.15, 0.2) is 11.9 Å². The number of hydrogen-bond donors (Lipinski definition) is 1. The standard InChI is InChI=1S/C40H40F2N6O5/c1-4-26-29(41)10-7-22-15-25(49)16-27(31(22)26)33-32(42)34-28(17-43-33)36(45-39(44-34)52-20-40-11-5-13-47(40)14-6-12-40)46-18-23-8-9-24(19-46)48(23)37(50)35-30(21(2)3)38(51)53-35/h1,7,10,15-17,21,23-24,30,35,49H,5-6,8-9,11-14,18-20H2,2-3H3/t23?,24?,30-,35+/m0/s1. The first-order chi connectivity index (χ1) is 25.6. The summed E-state index contributed by atoms with van der Waals surface area (Å²) in [5.74, 6) is 0.239. The molecule has 5 aliphatic heterocycles. The number of carbonyl (C=O) groups is 2. The van der Waals surface area contributed by atoms with Crippen molar-refractivity contribution < 1.29 is 33.0 Å². The molecule has 5 fully saturated rings. The molecule has 0 saturated carbocycles. The summed E-state index contributed by atoms with van der Waals surface area (Å²) in [5.41, 5.74) is -0.243. The number of nitrogens with zero attached hydrogens (tertiary/aromatic N) is 6. The summed E-state index contributed by atoms with van der Waals surface area (Å²) in [5, 5.41) is 11.7. The molecule has 13 heteroatoms. The molecule has 0 radical (unpaired) electrons. The Balaban J connectivity index is 1.12. The van der Waals surface area contributed by atoms with E-state index in [2.05, 4.69) is 20.8 Å². The van der Waals surface area contributed by atoms with Crippen LogP contribution in [0.1, 0.15) is 57.9 Å². The third-order valence-electron chi connectivity index (χ3n) is 12.2. The fraction of sp³-hybridized carbons (Fsp3) is 0.475. The summed E-state index contributed by atoms with van der Waals surface area (Å²) in [7, 11) is 0. The van der Waals surface area contributed by atoms with Gasteiger partial charge in [0, 0.05) is 42.3 Å². The number of terminal acetylenes is 1. The SMILES string of the molecule is C#Cc1c(F)ccc2cc(O)cc(-c3ncc4c(N5CC6CCC(C5)N6C(=O)[C@@H]5OC(=O)[C@H]5C(C)C)nc(OCC56CCCN5CCC6)nc4c3F)c12. The number of carbonyl (C=O) groups excluding carboxylic acids is 2. The summed E-state index contributed by atoms with van der Waals surface area (Å²) in [6, 6.07) is 5.15. The predicted octanol–water partition coefficient (Wildman–Crippen LogP) is 5.19. The molecule has 2 unspecified atom stereocenters. The first-order valence-corrected chi connectivity index (χ1v) is 18.5. The van der Waals surface area contributed by atoms with Gasteiger partial charge >= 0.3 is 12.0 Å². The zero-order valence-electron chi connectivity index (χ0n) is 29.6. The van der Waals surface area contributed by atoms with Crippen LogP contribution in [-0.4, -0.2) is 98.2 Å². The minimum Gasteiger partial charge on any atom is -0.508 e. The lowest BCUT2D eigenvalue weighted by Gasteiger charge is -2.45. The summed E-state index contributed by atoms with van der Waals surface area (Å²) < 4.78 is 43.8. The maximum Gasteiger partial charge on any atom is 0.319 e. The number of ether oxygens (including phenoxy) is 2. The lowest BCUT2D eigenvalue weighted by Crippen LogP contribution is -2.63. The second-order valence-electron chi connectivity index (χ2n) is 15.5. The lowest BCUT2D eigenvalue weighted by atomic mass is 9.85. The fourth-order valence-electron chi connectivity index (χ4n) is 9.66. The van der Waals surface area contributed by atoms with Gasteiger partial charge in [-0.2, -0.15) is 9.97 Å². The van der Waals surface area contributed by atoms with Crippen LogP contribution in [0.3, 0.4) is 0 Å². The van der Waals surface area contributed by atoms with Gasteiger partial charge in [-0.15, -0.1) is 6.42 Å². The Kier molecular flexibility index (Phi) is 7.96. The van der Waals surface area contributed by atoms with Crippen molar-refractivity contribution >= 4 is 39.4 Å². The predicted molar refractivity (Wildman–Crippen MR) is 192 cm³/mol. The minimum atomic E-state index is -0.792. The van der Waals surface area contributed by atoms with Crippen LogP contribution < -0.4 is 9.64 Å². The van der Waals surface area contributed by atoms with Crippen molar-refractivity contribution in [3.8, 4) is 35.4 Å². The van der Waals surface area contributed by atoms with Crippen molar-refractivity contribution in [3.63, 3.8) is 0 Å². The molecule has 9 rings (SSSR count). The van der Waals surface area contributed by atoms with Gasteiger partial charge < -0.3 is 24.4 Å². The van der Waals surface area contributed by atoms with Crippen LogP contribution in [0, 0.1) is 35.8 Å². The molecule has 1 N–H and O–H groups in total. The van der Waals surface area contributed by atoms with Crippen LogP contribution >= 0.6 is 0 Å². The fourth-order valence-corrected chi connectivity index (χ4v) is 9.66. The molecule has 274 valence electrons. The number of benzene rings is 2. The lowest BCUT2D eigenvalue weighted by molar-refractivity contribution is -0.197. The Morgan fingerprint density at radius 1 is 1.13 bits per heavy atom. The van der Waals surface area contributed by atoms with E-state index in [1.54, 1.807) is 0 Å². The number of esters is 1. The third kappa shape index (κ3) is 5.28. The van der Waals surface area contributed by atoms with Gasteiger partial charge in [-0.1, -0.05) is 25.8 Å². The minimum absolute atomic E-state index is 0.0163. The number of hydrogen-bond acceptors (Lipinski definition) is 10. The van der Waals surface area contributed by atoms with Crippen LogP contribution in [0.25, 0.3) is 32.9 Å². The van der Waals surface area contributed by atoms with Crippen LogP contribution in [0.4, 0.5) is 14.6 Å². The highest BCUT2D eigenvalue weighted by molar-refractivity contribution is 6.03. The van der Waals surface area contributed by atoms with Crippen LogP contribution in [0.5, 0.6) is 11.8 Å². The molecule has 7 heterocycles. The summed E-state index contributed by atoms with van der Waals surface area (Å²) >= 11 is 0. The molecule has 1 amide bonds. The maximum atomic E-state index is 17.1. The van der Waals surface area contributed by atoms with E-state index < -0.39 is 23.7 Å². The molecule has 5 aliphatic rings. The highest BCUT2D eigenvalue weighted by Crippen LogP contribution is 2.43. The van der Waals surface area contributed by atoms with Crippen LogP contribution in [-0.2, 0) is 14.3 Å². The van der Waals surface area contributed by atoms with Crippen molar-refractivity contribution in [2.75, 3.05) is 37.7 Å². The zero-order valence-corrected chi connectivity index (χ0v) is 29.6. The van der Waals surface area contributed by atoms with Crippen molar-refractivity contribution in [2.45, 2.75) is 76.1 Å². The number of anilines is 1. The number of aromatic hydroxyl groups is 1. The molecule has 4 atom stereocenters. The van der Waals surface area contributed by atoms with E-state index in [9.17, 15) is 19.1 Å². The molecule has 11 nitrogen and oxygen atoms in total. The molecular formula is C40H40F2N6O5. The van der Waals surface area contributed by atoms with Crippen molar-refractivity contribution in [1.82, 2.24) is 24.8 Å². The molecule has 5 saturated heterocycles. The number of amides is 1. The van der Waals surface area contributed by atoms with E-state index in [-0.39, 0.29) is 74.9 Å². The van der Waals surface area contributed by atoms with Gasteiger partial charge in [0.1, 0.15) is 41.1 Å². The molecule has 4 aromatic rings. The average Bonchev–Trinajstić information content (AvgIpc) is 3.79. The Morgan fingerprint density at radius 2 is 1.87 bits per heavy atom. The first-order valence-electron chi connectivity index (χ1n) is 18.5. The Labute approximate surface area is 305 Å². The summed E-state index contributed by atoms with van der Waals surface area (Å²) in [6.45, 7) is 7.07. The van der Waals surface area contributed by atoms with E-state index in [0.717, 1.165) is 51.6 Å². The summed E-state index contributed by atoms with van der Waals surface area (Å²) in [6.07, 6.45) is 12.1. The number of phenols is 1. The largest absolute Gasteiger partial charge is 0.508 e. The maximum absolute atomic E-state index is 17.1. The van der Waals surface area contributed by atoms with E-state index in [1.807, 2.05) is 23.6 Å². The molecule has 2 aromatic carbocycles. The first kappa shape index (κ1) is 33.7. The second kappa shape index (κ2) is 12.5. The zero-order chi connectivity index (χ0) is 36.8. The molecule has 53 heavy (non-hydrogen) atoms. The number of halogens is 2. The quantitative estimate of drug-likeness (QED) is 0.202. The monoisotopic (exact) mass is 722 g/mol. The van der Waals surface area contributed by atoms with E-state index in [1.165, 1.54) is 30.5 Å². The van der Waals surface area contributed by atoms with Gasteiger partial charge in [-0.3, -0.25) is 19.5 Å². The van der Waals surface area contributed by atoms with Crippen molar-refractivity contribution in [1.29, 1.82) is 0 Å². The van der Waals surface area contributed by atoms with Gasteiger partial charge in [0.25, 0.3) is 5.91 Å². The molecular weight excluding hydrogens is 682 g/mol. The normalized spacial score (nSPS) is 24.8. The Morgan fingerprint density at radius 3 is 2.55 bits per heavy atom. The molecule has 2 bridgehead atoms. The molecule has 0 spiro atoms. The van der Waals surface area contributed by atoms with Gasteiger partial charge in [-0.25, -0.2) is 8.78 Å². The number of phenolic OH excluding ortho intramolecular Hbond substituents is 1.